The summed E-state index contributed by atoms with van der Waals surface area (Å²) in [6, 6.07) is 27.2. The highest BCUT2D eigenvalue weighted by Gasteiger charge is 2.20. The van der Waals surface area contributed by atoms with Gasteiger partial charge in [0.15, 0.2) is 0 Å². The molecule has 0 saturated carbocycles. The molecular weight excluding hydrogens is 360 g/mol. The molecule has 2 nitrogen and oxygen atoms in total. The zero-order valence-electron chi connectivity index (χ0n) is 15.2. The van der Waals surface area contributed by atoms with E-state index in [1.165, 1.54) is 16.0 Å². The van der Waals surface area contributed by atoms with Crippen LogP contribution in [0.1, 0.15) is 33.0 Å². The molecule has 134 valence electrons. The van der Waals surface area contributed by atoms with E-state index >= 15 is 0 Å². The van der Waals surface area contributed by atoms with Gasteiger partial charge in [0.05, 0.1) is 11.4 Å². The number of nitrogens with zero attached hydrogens (tertiary/aromatic N) is 1. The van der Waals surface area contributed by atoms with Crippen LogP contribution in [0.25, 0.3) is 23.9 Å². The van der Waals surface area contributed by atoms with Crippen molar-refractivity contribution in [3.63, 3.8) is 0 Å². The zero-order valence-corrected chi connectivity index (χ0v) is 16.0. The van der Waals surface area contributed by atoms with Gasteiger partial charge in [-0.15, -0.1) is 11.3 Å². The molecule has 0 atom stereocenters. The first-order chi connectivity index (χ1) is 13.9. The summed E-state index contributed by atoms with van der Waals surface area (Å²) in [6.45, 7) is 0. The number of thiophene rings is 1. The maximum Gasteiger partial charge on any atom is 0.0788 e. The molecule has 0 saturated heterocycles. The van der Waals surface area contributed by atoms with Crippen molar-refractivity contribution < 1.29 is 0 Å². The Hall–Kier alpha value is -3.43. The lowest BCUT2D eigenvalue weighted by atomic mass is 9.99. The standard InChI is InChI=1S/C25H18N2S/c1-2-7-18(8-3-1)25-23-11-5-4-10-22(23)24(27-25)17-20-13-12-19(26-20)14-15-21-9-6-16-28-21/h1-17,26H/b15-14+,24-17-. The Morgan fingerprint density at radius 3 is 2.32 bits per heavy atom. The van der Waals surface area contributed by atoms with Crippen LogP contribution in [0.4, 0.5) is 0 Å². The molecular formula is C25H18N2S. The summed E-state index contributed by atoms with van der Waals surface area (Å²) in [5.41, 5.74) is 7.66. The van der Waals surface area contributed by atoms with Crippen molar-refractivity contribution >= 4 is 41.0 Å². The molecule has 0 radical (unpaired) electrons. The fourth-order valence-electron chi connectivity index (χ4n) is 3.40. The lowest BCUT2D eigenvalue weighted by Crippen LogP contribution is -1.99. The van der Waals surface area contributed by atoms with Gasteiger partial charge in [0, 0.05) is 33.0 Å². The lowest BCUT2D eigenvalue weighted by Gasteiger charge is -2.02. The highest BCUT2D eigenvalue weighted by molar-refractivity contribution is 7.10. The second-order valence-electron chi connectivity index (χ2n) is 6.62. The summed E-state index contributed by atoms with van der Waals surface area (Å²) >= 11 is 1.74. The minimum absolute atomic E-state index is 0.991. The molecule has 0 bridgehead atoms. The number of benzene rings is 2. The monoisotopic (exact) mass is 378 g/mol. The van der Waals surface area contributed by atoms with Crippen LogP contribution in [0, 0.1) is 0 Å². The van der Waals surface area contributed by atoms with Gasteiger partial charge in [0.2, 0.25) is 0 Å². The minimum Gasteiger partial charge on any atom is -0.355 e. The number of aromatic amines is 1. The first-order valence-corrected chi connectivity index (χ1v) is 10.1. The van der Waals surface area contributed by atoms with E-state index in [0.29, 0.717) is 0 Å². The molecule has 0 unspecified atom stereocenters. The molecule has 4 aromatic rings. The second kappa shape index (κ2) is 7.29. The molecule has 2 aromatic carbocycles. The molecule has 28 heavy (non-hydrogen) atoms. The Morgan fingerprint density at radius 2 is 1.50 bits per heavy atom. The van der Waals surface area contributed by atoms with Gasteiger partial charge in [-0.25, -0.2) is 4.99 Å². The molecule has 0 aliphatic carbocycles. The predicted octanol–water partition coefficient (Wildman–Crippen LogP) is 6.60. The van der Waals surface area contributed by atoms with E-state index in [2.05, 4.69) is 101 Å². The largest absolute Gasteiger partial charge is 0.355 e. The smallest absolute Gasteiger partial charge is 0.0788 e. The quantitative estimate of drug-likeness (QED) is 0.415. The summed E-state index contributed by atoms with van der Waals surface area (Å²) in [5.74, 6) is 0. The Kier molecular flexibility index (Phi) is 4.36. The maximum atomic E-state index is 4.96. The van der Waals surface area contributed by atoms with Gasteiger partial charge in [0.25, 0.3) is 0 Å². The van der Waals surface area contributed by atoms with E-state index in [9.17, 15) is 0 Å². The number of aliphatic imine (C=N–C) groups is 1. The van der Waals surface area contributed by atoms with Gasteiger partial charge in [-0.3, -0.25) is 0 Å². The normalized spacial score (nSPS) is 14.6. The van der Waals surface area contributed by atoms with Crippen LogP contribution in [0.15, 0.2) is 89.2 Å². The lowest BCUT2D eigenvalue weighted by molar-refractivity contribution is 1.34. The number of rotatable bonds is 4. The molecule has 0 fully saturated rings. The topological polar surface area (TPSA) is 28.1 Å². The summed E-state index contributed by atoms with van der Waals surface area (Å²) < 4.78 is 0. The third-order valence-corrected chi connectivity index (χ3v) is 5.57. The summed E-state index contributed by atoms with van der Waals surface area (Å²) in [6.07, 6.45) is 6.36. The van der Waals surface area contributed by atoms with E-state index in [0.717, 1.165) is 28.4 Å². The SMILES string of the molecule is C(=C1/N=C(c2ccccc2)c2ccccc21)/c1ccc(/C=C/c2cccs2)[nH]1. The van der Waals surface area contributed by atoms with Crippen LogP contribution in [-0.4, -0.2) is 10.7 Å². The molecule has 2 aromatic heterocycles. The Balaban J connectivity index is 1.49. The van der Waals surface area contributed by atoms with Gasteiger partial charge < -0.3 is 4.98 Å². The Bertz CT molecular complexity index is 1190. The molecule has 5 rings (SSSR count). The van der Waals surface area contributed by atoms with Crippen LogP contribution in [0.3, 0.4) is 0 Å². The van der Waals surface area contributed by atoms with Gasteiger partial charge in [-0.1, -0.05) is 60.7 Å². The third kappa shape index (κ3) is 3.28. The van der Waals surface area contributed by atoms with Gasteiger partial charge >= 0.3 is 0 Å². The summed E-state index contributed by atoms with van der Waals surface area (Å²) in [5, 5.41) is 2.09. The van der Waals surface area contributed by atoms with Crippen LogP contribution in [-0.2, 0) is 0 Å². The van der Waals surface area contributed by atoms with Crippen LogP contribution >= 0.6 is 11.3 Å². The average Bonchev–Trinajstić information content (AvgIpc) is 3.48. The van der Waals surface area contributed by atoms with Crippen LogP contribution < -0.4 is 0 Å². The first kappa shape index (κ1) is 16.7. The number of H-pyrrole nitrogens is 1. The molecule has 0 spiro atoms. The van der Waals surface area contributed by atoms with Crippen LogP contribution in [0.2, 0.25) is 0 Å². The second-order valence-corrected chi connectivity index (χ2v) is 7.60. The van der Waals surface area contributed by atoms with Gasteiger partial charge in [0.1, 0.15) is 0 Å². The molecule has 3 heteroatoms. The predicted molar refractivity (Wildman–Crippen MR) is 120 cm³/mol. The number of hydrogen-bond acceptors (Lipinski definition) is 2. The number of hydrogen-bond donors (Lipinski definition) is 1. The van der Waals surface area contributed by atoms with E-state index in [4.69, 9.17) is 4.99 Å². The van der Waals surface area contributed by atoms with Gasteiger partial charge in [-0.05, 0) is 41.8 Å². The number of aromatic nitrogens is 1. The maximum absolute atomic E-state index is 4.96. The fourth-order valence-corrected chi connectivity index (χ4v) is 4.01. The summed E-state index contributed by atoms with van der Waals surface area (Å²) in [7, 11) is 0. The molecule has 1 aliphatic heterocycles. The molecule has 1 aliphatic rings. The third-order valence-electron chi connectivity index (χ3n) is 4.73. The number of nitrogens with one attached hydrogen (secondary N) is 1. The van der Waals surface area contributed by atoms with E-state index in [-0.39, 0.29) is 0 Å². The Labute approximate surface area is 168 Å². The summed E-state index contributed by atoms with van der Waals surface area (Å²) in [4.78, 5) is 9.67. The minimum atomic E-state index is 0.991. The van der Waals surface area contributed by atoms with Crippen molar-refractivity contribution in [3.05, 3.63) is 117 Å². The van der Waals surface area contributed by atoms with E-state index < -0.39 is 0 Å². The average molecular weight is 378 g/mol. The van der Waals surface area contributed by atoms with Crippen molar-refractivity contribution in [1.82, 2.24) is 4.98 Å². The first-order valence-electron chi connectivity index (χ1n) is 9.23. The highest BCUT2D eigenvalue weighted by Crippen LogP contribution is 2.32. The van der Waals surface area contributed by atoms with Crippen molar-refractivity contribution in [2.45, 2.75) is 0 Å². The molecule has 1 N–H and O–H groups in total. The van der Waals surface area contributed by atoms with Crippen LogP contribution in [0.5, 0.6) is 0 Å². The van der Waals surface area contributed by atoms with Crippen molar-refractivity contribution in [2.24, 2.45) is 4.99 Å². The fraction of sp³-hybridized carbons (Fsp3) is 0. The molecule has 3 heterocycles. The van der Waals surface area contributed by atoms with Gasteiger partial charge in [-0.2, -0.15) is 0 Å². The van der Waals surface area contributed by atoms with E-state index in [1.54, 1.807) is 11.3 Å². The van der Waals surface area contributed by atoms with Crippen molar-refractivity contribution in [2.75, 3.05) is 0 Å². The molecule has 0 amide bonds. The highest BCUT2D eigenvalue weighted by atomic mass is 32.1. The number of fused-ring (bicyclic) bond motifs is 1. The Morgan fingerprint density at radius 1 is 0.714 bits per heavy atom. The van der Waals surface area contributed by atoms with Crippen molar-refractivity contribution in [3.8, 4) is 0 Å². The van der Waals surface area contributed by atoms with Crippen molar-refractivity contribution in [1.29, 1.82) is 0 Å². The zero-order chi connectivity index (χ0) is 18.8. The van der Waals surface area contributed by atoms with E-state index in [1.807, 2.05) is 6.07 Å².